The van der Waals surface area contributed by atoms with E-state index in [9.17, 15) is 9.59 Å². The number of carbonyl (C=O) groups is 1. The molecule has 0 radical (unpaired) electrons. The number of rotatable bonds is 2. The third kappa shape index (κ3) is 1.74. The van der Waals surface area contributed by atoms with Crippen LogP contribution in [-0.4, -0.2) is 23.2 Å². The summed E-state index contributed by atoms with van der Waals surface area (Å²) in [5.74, 6) is -1.47. The third-order valence-corrected chi connectivity index (χ3v) is 2.69. The lowest BCUT2D eigenvalue weighted by Crippen LogP contribution is -2.15. The second kappa shape index (κ2) is 4.10. The number of aromatic carboxylic acids is 1. The first-order chi connectivity index (χ1) is 8.06. The first-order valence-electron chi connectivity index (χ1n) is 4.68. The number of benzene rings is 1. The highest BCUT2D eigenvalue weighted by molar-refractivity contribution is 6.35. The average Bonchev–Trinajstić information content (AvgIpc) is 2.28. The molecule has 0 bridgehead atoms. The Hall–Kier alpha value is -2.01. The highest BCUT2D eigenvalue weighted by Gasteiger charge is 2.19. The number of halogens is 1. The van der Waals surface area contributed by atoms with E-state index in [4.69, 9.17) is 21.4 Å². The van der Waals surface area contributed by atoms with E-state index in [-0.39, 0.29) is 21.9 Å². The molecule has 88 valence electrons. The van der Waals surface area contributed by atoms with Crippen LogP contribution in [-0.2, 0) is 0 Å². The fourth-order valence-corrected chi connectivity index (χ4v) is 1.89. The molecule has 0 aliphatic rings. The number of ether oxygens (including phenoxy) is 1. The number of methoxy groups -OCH3 is 1. The van der Waals surface area contributed by atoms with Crippen LogP contribution in [0, 0.1) is 0 Å². The molecular formula is C11H8ClNO4. The fourth-order valence-electron chi connectivity index (χ4n) is 1.67. The number of carboxylic acids is 1. The van der Waals surface area contributed by atoms with Gasteiger partial charge in [-0.15, -0.1) is 0 Å². The van der Waals surface area contributed by atoms with Gasteiger partial charge < -0.3 is 14.8 Å². The highest BCUT2D eigenvalue weighted by Crippen LogP contribution is 2.27. The van der Waals surface area contributed by atoms with Crippen molar-refractivity contribution in [2.45, 2.75) is 0 Å². The number of aromatic nitrogens is 1. The fraction of sp³-hybridized carbons (Fsp3) is 0.0909. The van der Waals surface area contributed by atoms with Crippen LogP contribution >= 0.6 is 11.6 Å². The van der Waals surface area contributed by atoms with Crippen molar-refractivity contribution >= 4 is 28.5 Å². The van der Waals surface area contributed by atoms with Gasteiger partial charge in [0.25, 0.3) is 5.56 Å². The minimum absolute atomic E-state index is 0.186. The Bertz CT molecular complexity index is 662. The lowest BCUT2D eigenvalue weighted by Gasteiger charge is -2.08. The van der Waals surface area contributed by atoms with Crippen LogP contribution in [0.1, 0.15) is 10.4 Å². The van der Waals surface area contributed by atoms with Gasteiger partial charge in [-0.05, 0) is 6.07 Å². The number of pyridine rings is 1. The van der Waals surface area contributed by atoms with Gasteiger partial charge in [0.15, 0.2) is 5.75 Å². The summed E-state index contributed by atoms with van der Waals surface area (Å²) in [4.78, 5) is 25.3. The van der Waals surface area contributed by atoms with Gasteiger partial charge in [-0.2, -0.15) is 0 Å². The Morgan fingerprint density at radius 3 is 2.76 bits per heavy atom. The van der Waals surface area contributed by atoms with Gasteiger partial charge >= 0.3 is 5.97 Å². The summed E-state index contributed by atoms with van der Waals surface area (Å²) in [6.45, 7) is 0. The minimum Gasteiger partial charge on any atom is -0.490 e. The first kappa shape index (κ1) is 11.5. The smallest absolute Gasteiger partial charge is 0.340 e. The number of aromatic amines is 1. The molecule has 0 spiro atoms. The molecule has 0 saturated carbocycles. The molecule has 0 aliphatic carbocycles. The number of hydrogen-bond acceptors (Lipinski definition) is 3. The molecular weight excluding hydrogens is 246 g/mol. The van der Waals surface area contributed by atoms with Crippen LogP contribution in [0.2, 0.25) is 5.02 Å². The SMILES string of the molecule is COc1c(C(=O)O)c2cccc(Cl)c2[nH]c1=O. The Balaban J connectivity index is 3.04. The van der Waals surface area contributed by atoms with Crippen LogP contribution in [0.3, 0.4) is 0 Å². The molecule has 0 amide bonds. The normalized spacial score (nSPS) is 10.5. The number of carboxylic acid groups (broad SMARTS) is 1. The molecule has 2 aromatic rings. The molecule has 0 aliphatic heterocycles. The first-order valence-corrected chi connectivity index (χ1v) is 5.06. The van der Waals surface area contributed by atoms with E-state index in [2.05, 4.69) is 4.98 Å². The second-order valence-electron chi connectivity index (χ2n) is 3.33. The van der Waals surface area contributed by atoms with Gasteiger partial charge in [-0.3, -0.25) is 4.79 Å². The topological polar surface area (TPSA) is 79.4 Å². The van der Waals surface area contributed by atoms with Gasteiger partial charge in [-0.1, -0.05) is 23.7 Å². The van der Waals surface area contributed by atoms with Crippen LogP contribution in [0.15, 0.2) is 23.0 Å². The lowest BCUT2D eigenvalue weighted by molar-refractivity contribution is 0.0695. The van der Waals surface area contributed by atoms with Crippen LogP contribution in [0.25, 0.3) is 10.9 Å². The van der Waals surface area contributed by atoms with E-state index in [0.29, 0.717) is 5.39 Å². The molecule has 2 rings (SSSR count). The quantitative estimate of drug-likeness (QED) is 0.857. The summed E-state index contributed by atoms with van der Waals surface area (Å²) in [5.41, 5.74) is -0.517. The summed E-state index contributed by atoms with van der Waals surface area (Å²) in [5, 5.41) is 9.75. The highest BCUT2D eigenvalue weighted by atomic mass is 35.5. The maximum Gasteiger partial charge on any atom is 0.340 e. The molecule has 1 heterocycles. The van der Waals surface area contributed by atoms with Gasteiger partial charge in [0.05, 0.1) is 17.6 Å². The Labute approximate surface area is 101 Å². The summed E-state index contributed by atoms with van der Waals surface area (Å²) in [6, 6.07) is 4.73. The van der Waals surface area contributed by atoms with Crippen molar-refractivity contribution in [3.05, 3.63) is 39.1 Å². The summed E-state index contributed by atoms with van der Waals surface area (Å²) >= 11 is 5.90. The minimum atomic E-state index is -1.24. The van der Waals surface area contributed by atoms with Gasteiger partial charge in [0.1, 0.15) is 5.56 Å². The maximum absolute atomic E-state index is 11.6. The van der Waals surface area contributed by atoms with Crippen molar-refractivity contribution in [3.8, 4) is 5.75 Å². The number of H-pyrrole nitrogens is 1. The molecule has 0 atom stereocenters. The number of fused-ring (bicyclic) bond motifs is 1. The second-order valence-corrected chi connectivity index (χ2v) is 3.74. The Morgan fingerprint density at radius 1 is 1.47 bits per heavy atom. The van der Waals surface area contributed by atoms with Crippen molar-refractivity contribution in [1.29, 1.82) is 0 Å². The van der Waals surface area contributed by atoms with E-state index in [0.717, 1.165) is 0 Å². The maximum atomic E-state index is 11.6. The molecule has 0 fully saturated rings. The third-order valence-electron chi connectivity index (χ3n) is 2.37. The zero-order valence-electron chi connectivity index (χ0n) is 8.78. The zero-order valence-corrected chi connectivity index (χ0v) is 9.54. The van der Waals surface area contributed by atoms with Crippen molar-refractivity contribution in [2.75, 3.05) is 7.11 Å². The summed E-state index contributed by atoms with van der Waals surface area (Å²) < 4.78 is 4.82. The van der Waals surface area contributed by atoms with Crippen molar-refractivity contribution in [2.24, 2.45) is 0 Å². The van der Waals surface area contributed by atoms with Gasteiger partial charge in [0, 0.05) is 5.39 Å². The van der Waals surface area contributed by atoms with E-state index < -0.39 is 11.5 Å². The largest absolute Gasteiger partial charge is 0.490 e. The Morgan fingerprint density at radius 2 is 2.18 bits per heavy atom. The molecule has 0 unspecified atom stereocenters. The standard InChI is InChI=1S/C11H8ClNO4/c1-17-9-7(11(15)16)5-3-2-4-6(12)8(5)13-10(9)14/h2-4H,1H3,(H,13,14)(H,15,16). The number of para-hydroxylation sites is 1. The average molecular weight is 254 g/mol. The predicted octanol–water partition coefficient (Wildman–Crippen LogP) is 1.89. The van der Waals surface area contributed by atoms with Crippen LogP contribution < -0.4 is 10.3 Å². The van der Waals surface area contributed by atoms with E-state index in [1.54, 1.807) is 18.2 Å². The molecule has 1 aromatic heterocycles. The van der Waals surface area contributed by atoms with Crippen molar-refractivity contribution in [3.63, 3.8) is 0 Å². The van der Waals surface area contributed by atoms with Gasteiger partial charge in [-0.25, -0.2) is 4.79 Å². The number of nitrogens with one attached hydrogen (secondary N) is 1. The van der Waals surface area contributed by atoms with Crippen LogP contribution in [0.4, 0.5) is 0 Å². The molecule has 6 heteroatoms. The summed E-state index contributed by atoms with van der Waals surface area (Å²) in [6.07, 6.45) is 0. The molecule has 5 nitrogen and oxygen atoms in total. The monoisotopic (exact) mass is 253 g/mol. The number of hydrogen-bond donors (Lipinski definition) is 2. The molecule has 2 N–H and O–H groups in total. The Kier molecular flexibility index (Phi) is 2.77. The molecule has 1 aromatic carbocycles. The van der Waals surface area contributed by atoms with E-state index in [1.165, 1.54) is 7.11 Å². The lowest BCUT2D eigenvalue weighted by atomic mass is 10.1. The van der Waals surface area contributed by atoms with E-state index >= 15 is 0 Å². The predicted molar refractivity (Wildman–Crippen MR) is 63.1 cm³/mol. The van der Waals surface area contributed by atoms with Gasteiger partial charge in [0.2, 0.25) is 0 Å². The van der Waals surface area contributed by atoms with Crippen LogP contribution in [0.5, 0.6) is 5.75 Å². The van der Waals surface area contributed by atoms with E-state index in [1.807, 2.05) is 0 Å². The molecule has 0 saturated heterocycles. The summed E-state index contributed by atoms with van der Waals surface area (Å²) in [7, 11) is 1.24. The van der Waals surface area contributed by atoms with Crippen molar-refractivity contribution < 1.29 is 14.6 Å². The van der Waals surface area contributed by atoms with Crippen molar-refractivity contribution in [1.82, 2.24) is 4.98 Å². The molecule has 17 heavy (non-hydrogen) atoms. The zero-order chi connectivity index (χ0) is 12.6.